The fraction of sp³-hybridized carbons (Fsp3) is 0.381. The van der Waals surface area contributed by atoms with Gasteiger partial charge in [0.25, 0.3) is 5.91 Å². The van der Waals surface area contributed by atoms with Crippen LogP contribution in [0.1, 0.15) is 17.5 Å². The van der Waals surface area contributed by atoms with Crippen molar-refractivity contribution in [2.24, 2.45) is 0 Å². The second-order valence-corrected chi connectivity index (χ2v) is 10.0. The predicted octanol–water partition coefficient (Wildman–Crippen LogP) is 2.96. The first-order valence-electron chi connectivity index (χ1n) is 9.49. The van der Waals surface area contributed by atoms with E-state index in [1.165, 1.54) is 15.4 Å². The standard InChI is InChI=1S/C21H26N2O4S2/c1-16-7-9-17(10-8-16)15-28-14-12-22-21(24)20-11-13-23(29(2,25)26)18-5-3-4-6-19(18)27-20/h3-10,20H,11-15H2,1-2H3,(H,22,24)/t20-/m0/s1. The van der Waals surface area contributed by atoms with E-state index >= 15 is 0 Å². The molecule has 1 heterocycles. The topological polar surface area (TPSA) is 75.7 Å². The lowest BCUT2D eigenvalue weighted by Gasteiger charge is -2.20. The molecule has 0 unspecified atom stereocenters. The summed E-state index contributed by atoms with van der Waals surface area (Å²) in [6.45, 7) is 2.80. The van der Waals surface area contributed by atoms with Crippen LogP contribution >= 0.6 is 11.8 Å². The number of hydrogen-bond acceptors (Lipinski definition) is 5. The lowest BCUT2D eigenvalue weighted by atomic mass is 10.2. The molecule has 0 radical (unpaired) electrons. The summed E-state index contributed by atoms with van der Waals surface area (Å²) in [6, 6.07) is 15.3. The highest BCUT2D eigenvalue weighted by atomic mass is 32.2. The summed E-state index contributed by atoms with van der Waals surface area (Å²) in [5, 5.41) is 2.91. The predicted molar refractivity (Wildman–Crippen MR) is 118 cm³/mol. The highest BCUT2D eigenvalue weighted by Crippen LogP contribution is 2.33. The molecule has 1 atom stereocenters. The second kappa shape index (κ2) is 9.54. The summed E-state index contributed by atoms with van der Waals surface area (Å²) in [5.41, 5.74) is 2.97. The number of thioether (sulfide) groups is 1. The molecule has 1 aliphatic heterocycles. The molecule has 1 amide bonds. The van der Waals surface area contributed by atoms with Gasteiger partial charge >= 0.3 is 0 Å². The maximum atomic E-state index is 12.6. The smallest absolute Gasteiger partial charge is 0.261 e. The lowest BCUT2D eigenvalue weighted by molar-refractivity contribution is -0.127. The van der Waals surface area contributed by atoms with E-state index in [-0.39, 0.29) is 12.5 Å². The van der Waals surface area contributed by atoms with Crippen LogP contribution in [0.5, 0.6) is 5.75 Å². The number of anilines is 1. The summed E-state index contributed by atoms with van der Waals surface area (Å²) < 4.78 is 31.4. The third kappa shape index (κ3) is 5.90. The Morgan fingerprint density at radius 2 is 1.93 bits per heavy atom. The van der Waals surface area contributed by atoms with Crippen molar-refractivity contribution >= 4 is 33.4 Å². The summed E-state index contributed by atoms with van der Waals surface area (Å²) in [4.78, 5) is 12.6. The number of carbonyl (C=O) groups excluding carboxylic acids is 1. The monoisotopic (exact) mass is 434 g/mol. The molecule has 2 aromatic carbocycles. The Kier molecular flexibility index (Phi) is 7.08. The minimum atomic E-state index is -3.45. The molecule has 6 nitrogen and oxygen atoms in total. The molecule has 0 aliphatic carbocycles. The average Bonchev–Trinajstić information content (AvgIpc) is 2.88. The quantitative estimate of drug-likeness (QED) is 0.678. The number of benzene rings is 2. The molecule has 156 valence electrons. The molecular weight excluding hydrogens is 408 g/mol. The third-order valence-electron chi connectivity index (χ3n) is 4.63. The van der Waals surface area contributed by atoms with E-state index in [9.17, 15) is 13.2 Å². The number of ether oxygens (including phenoxy) is 1. The number of fused-ring (bicyclic) bond motifs is 1. The van der Waals surface area contributed by atoms with E-state index in [0.717, 1.165) is 17.8 Å². The van der Waals surface area contributed by atoms with Gasteiger partial charge in [0, 0.05) is 31.0 Å². The molecule has 3 rings (SSSR count). The Labute approximate surface area is 176 Å². The second-order valence-electron chi connectivity index (χ2n) is 7.03. The van der Waals surface area contributed by atoms with Crippen molar-refractivity contribution in [3.63, 3.8) is 0 Å². The summed E-state index contributed by atoms with van der Waals surface area (Å²) in [7, 11) is -3.45. The van der Waals surface area contributed by atoms with Gasteiger partial charge in [0.15, 0.2) is 6.10 Å². The summed E-state index contributed by atoms with van der Waals surface area (Å²) in [6.07, 6.45) is 0.740. The fourth-order valence-corrected chi connectivity index (χ4v) is 4.86. The van der Waals surface area contributed by atoms with Gasteiger partial charge in [-0.1, -0.05) is 42.0 Å². The lowest BCUT2D eigenvalue weighted by Crippen LogP contribution is -2.40. The van der Waals surface area contributed by atoms with Gasteiger partial charge < -0.3 is 10.1 Å². The summed E-state index contributed by atoms with van der Waals surface area (Å²) >= 11 is 1.75. The van der Waals surface area contributed by atoms with Gasteiger partial charge in [-0.3, -0.25) is 9.10 Å². The van der Waals surface area contributed by atoms with Crippen molar-refractivity contribution in [2.75, 3.05) is 29.4 Å². The number of rotatable bonds is 7. The normalized spacial score (nSPS) is 16.5. The molecule has 2 aromatic rings. The zero-order chi connectivity index (χ0) is 20.9. The largest absolute Gasteiger partial charge is 0.478 e. The number of amides is 1. The van der Waals surface area contributed by atoms with Crippen molar-refractivity contribution in [1.82, 2.24) is 5.32 Å². The van der Waals surface area contributed by atoms with E-state index in [2.05, 4.69) is 36.5 Å². The van der Waals surface area contributed by atoms with Crippen LogP contribution in [0.4, 0.5) is 5.69 Å². The maximum Gasteiger partial charge on any atom is 0.261 e. The first-order chi connectivity index (χ1) is 13.8. The molecule has 0 fully saturated rings. The number of hydrogen-bond donors (Lipinski definition) is 1. The first kappa shape index (κ1) is 21.5. The number of aryl methyl sites for hydroxylation is 1. The van der Waals surface area contributed by atoms with E-state index in [1.807, 2.05) is 0 Å². The number of para-hydroxylation sites is 2. The van der Waals surface area contributed by atoms with Crippen LogP contribution in [0.3, 0.4) is 0 Å². The van der Waals surface area contributed by atoms with Gasteiger partial charge in [0.1, 0.15) is 5.75 Å². The van der Waals surface area contributed by atoms with Crippen LogP contribution in [0.2, 0.25) is 0 Å². The molecule has 29 heavy (non-hydrogen) atoms. The van der Waals surface area contributed by atoms with E-state index in [1.54, 1.807) is 36.0 Å². The van der Waals surface area contributed by atoms with Crippen molar-refractivity contribution in [2.45, 2.75) is 25.2 Å². The molecule has 0 spiro atoms. The van der Waals surface area contributed by atoms with Gasteiger partial charge in [0.2, 0.25) is 10.0 Å². The van der Waals surface area contributed by atoms with Crippen molar-refractivity contribution in [3.8, 4) is 5.75 Å². The van der Waals surface area contributed by atoms with Gasteiger partial charge in [-0.15, -0.1) is 0 Å². The zero-order valence-corrected chi connectivity index (χ0v) is 18.3. The van der Waals surface area contributed by atoms with E-state index in [0.29, 0.717) is 24.4 Å². The summed E-state index contributed by atoms with van der Waals surface area (Å²) in [5.74, 6) is 1.88. The molecular formula is C21H26N2O4S2. The number of nitrogens with zero attached hydrogens (tertiary/aromatic N) is 1. The van der Waals surface area contributed by atoms with Gasteiger partial charge in [-0.2, -0.15) is 11.8 Å². The molecule has 0 saturated carbocycles. The van der Waals surface area contributed by atoms with Crippen LogP contribution in [0, 0.1) is 6.92 Å². The molecule has 0 bridgehead atoms. The van der Waals surface area contributed by atoms with Crippen LogP contribution in [0.25, 0.3) is 0 Å². The van der Waals surface area contributed by atoms with Gasteiger partial charge in [-0.25, -0.2) is 8.42 Å². The maximum absolute atomic E-state index is 12.6. The Hall–Kier alpha value is -2.19. The van der Waals surface area contributed by atoms with E-state index in [4.69, 9.17) is 4.74 Å². The van der Waals surface area contributed by atoms with Crippen molar-refractivity contribution in [3.05, 3.63) is 59.7 Å². The Morgan fingerprint density at radius 3 is 2.66 bits per heavy atom. The minimum absolute atomic E-state index is 0.204. The Bertz CT molecular complexity index is 945. The molecule has 1 N–H and O–H groups in total. The molecule has 0 saturated heterocycles. The van der Waals surface area contributed by atoms with Crippen molar-refractivity contribution < 1.29 is 17.9 Å². The third-order valence-corrected chi connectivity index (χ3v) is 6.84. The van der Waals surface area contributed by atoms with E-state index < -0.39 is 16.1 Å². The highest BCUT2D eigenvalue weighted by Gasteiger charge is 2.30. The Morgan fingerprint density at radius 1 is 1.21 bits per heavy atom. The van der Waals surface area contributed by atoms with Gasteiger partial charge in [-0.05, 0) is 24.6 Å². The Balaban J connectivity index is 1.52. The van der Waals surface area contributed by atoms with Crippen molar-refractivity contribution in [1.29, 1.82) is 0 Å². The number of nitrogens with one attached hydrogen (secondary N) is 1. The molecule has 1 aliphatic rings. The zero-order valence-electron chi connectivity index (χ0n) is 16.6. The number of carbonyl (C=O) groups is 1. The van der Waals surface area contributed by atoms with Crippen LogP contribution in [-0.4, -0.2) is 45.5 Å². The van der Waals surface area contributed by atoms with Crippen LogP contribution in [0.15, 0.2) is 48.5 Å². The SMILES string of the molecule is Cc1ccc(CSCCNC(=O)[C@@H]2CCN(S(C)(=O)=O)c3ccccc3O2)cc1. The van der Waals surface area contributed by atoms with Gasteiger partial charge in [0.05, 0.1) is 11.9 Å². The fourth-order valence-electron chi connectivity index (χ4n) is 3.09. The average molecular weight is 435 g/mol. The number of sulfonamides is 1. The van der Waals surface area contributed by atoms with Crippen LogP contribution in [-0.2, 0) is 20.6 Å². The van der Waals surface area contributed by atoms with Crippen LogP contribution < -0.4 is 14.4 Å². The molecule has 8 heteroatoms. The molecule has 0 aromatic heterocycles. The first-order valence-corrected chi connectivity index (χ1v) is 12.5. The minimum Gasteiger partial charge on any atom is -0.478 e. The highest BCUT2D eigenvalue weighted by molar-refractivity contribution is 7.98.